The Morgan fingerprint density at radius 2 is 1.79 bits per heavy atom. The molecule has 0 radical (unpaired) electrons. The second kappa shape index (κ2) is 11.7. The minimum atomic E-state index is -4.49. The number of benzene rings is 2. The summed E-state index contributed by atoms with van der Waals surface area (Å²) in [6.07, 6.45) is -1.05. The molecule has 2 aliphatic heterocycles. The van der Waals surface area contributed by atoms with E-state index in [1.54, 1.807) is 11.0 Å². The number of H-pyrrole nitrogens is 1. The van der Waals surface area contributed by atoms with Crippen molar-refractivity contribution in [3.63, 3.8) is 0 Å². The van der Waals surface area contributed by atoms with E-state index in [0.717, 1.165) is 49.9 Å². The predicted molar refractivity (Wildman–Crippen MR) is 150 cm³/mol. The number of alkyl halides is 3. The Morgan fingerprint density at radius 3 is 2.57 bits per heavy atom. The number of likely N-dealkylation sites (N-methyl/N-ethyl adjacent to an activating group) is 1. The van der Waals surface area contributed by atoms with E-state index >= 15 is 0 Å². The van der Waals surface area contributed by atoms with Gasteiger partial charge in [-0.25, -0.2) is 9.97 Å². The van der Waals surface area contributed by atoms with Gasteiger partial charge in [0.1, 0.15) is 17.6 Å². The summed E-state index contributed by atoms with van der Waals surface area (Å²) in [5.41, 5.74) is 3.05. The van der Waals surface area contributed by atoms with Crippen molar-refractivity contribution < 1.29 is 22.7 Å². The SMILES string of the molecule is CCN1CCN(Cc2ccc(CC(=O)N3CCc4ccc(Oc5ncnc6nc[nH]c56)cc4C3)cc2C(F)(F)F)CC1. The highest BCUT2D eigenvalue weighted by atomic mass is 19.4. The number of aromatic nitrogens is 4. The highest BCUT2D eigenvalue weighted by molar-refractivity contribution is 5.79. The van der Waals surface area contributed by atoms with E-state index in [2.05, 4.69) is 36.7 Å². The standard InChI is InChI=1S/C30H32F3N7O2/c1-2-38-9-11-39(12-10-38)16-22-4-3-20(13-25(22)30(31,32)33)14-26(41)40-8-7-21-5-6-24(15-23(21)17-40)42-29-27-28(35-18-34-27)36-19-37-29/h3-6,13,15,18-19H,2,7-12,14,16-17H2,1H3,(H,34,35,36,37). The Labute approximate surface area is 241 Å². The van der Waals surface area contributed by atoms with Crippen LogP contribution >= 0.6 is 0 Å². The molecule has 0 saturated carbocycles. The van der Waals surface area contributed by atoms with Gasteiger partial charge < -0.3 is 19.5 Å². The number of nitrogens with zero attached hydrogens (tertiary/aromatic N) is 6. The number of nitrogens with one attached hydrogen (secondary N) is 1. The van der Waals surface area contributed by atoms with Crippen LogP contribution in [0.1, 0.15) is 34.7 Å². The molecule has 0 spiro atoms. The quantitative estimate of drug-likeness (QED) is 0.347. The molecule has 0 bridgehead atoms. The maximum atomic E-state index is 14.1. The Hall–Kier alpha value is -4.03. The van der Waals surface area contributed by atoms with Gasteiger partial charge in [-0.1, -0.05) is 25.1 Å². The Bertz CT molecular complexity index is 1580. The van der Waals surface area contributed by atoms with Crippen molar-refractivity contribution in [3.8, 4) is 11.6 Å². The van der Waals surface area contributed by atoms with Gasteiger partial charge in [0.25, 0.3) is 0 Å². The molecular formula is C30H32F3N7O2. The summed E-state index contributed by atoms with van der Waals surface area (Å²) in [5.74, 6) is 0.686. The zero-order chi connectivity index (χ0) is 29.3. The van der Waals surface area contributed by atoms with Gasteiger partial charge in [0.05, 0.1) is 18.3 Å². The number of amides is 1. The molecule has 9 nitrogen and oxygen atoms in total. The van der Waals surface area contributed by atoms with E-state index in [1.165, 1.54) is 18.7 Å². The fraction of sp³-hybridized carbons (Fsp3) is 0.400. The van der Waals surface area contributed by atoms with Crippen molar-refractivity contribution in [1.82, 2.24) is 34.6 Å². The van der Waals surface area contributed by atoms with Gasteiger partial charge >= 0.3 is 6.18 Å². The number of fused-ring (bicyclic) bond motifs is 2. The summed E-state index contributed by atoms with van der Waals surface area (Å²) in [5, 5.41) is 0. The molecule has 1 fully saturated rings. The first-order valence-electron chi connectivity index (χ1n) is 14.1. The molecule has 0 aliphatic carbocycles. The number of carbonyl (C=O) groups excluding carboxylic acids is 1. The van der Waals surface area contributed by atoms with Crippen LogP contribution in [0.2, 0.25) is 0 Å². The van der Waals surface area contributed by atoms with Crippen LogP contribution in [0.4, 0.5) is 13.2 Å². The first kappa shape index (κ1) is 28.1. The number of piperazine rings is 1. The molecule has 2 aromatic carbocycles. The average molecular weight is 580 g/mol. The molecule has 2 aromatic heterocycles. The van der Waals surface area contributed by atoms with E-state index in [9.17, 15) is 18.0 Å². The number of aromatic amines is 1. The van der Waals surface area contributed by atoms with E-state index in [4.69, 9.17) is 4.74 Å². The molecule has 0 unspecified atom stereocenters. The number of ether oxygens (including phenoxy) is 1. The third-order valence-electron chi connectivity index (χ3n) is 8.09. The number of carbonyl (C=O) groups is 1. The van der Waals surface area contributed by atoms with Crippen LogP contribution in [0, 0.1) is 0 Å². The Balaban J connectivity index is 1.13. The zero-order valence-corrected chi connectivity index (χ0v) is 23.3. The van der Waals surface area contributed by atoms with Crippen molar-refractivity contribution >= 4 is 17.1 Å². The van der Waals surface area contributed by atoms with Crippen molar-refractivity contribution in [2.45, 2.75) is 39.0 Å². The largest absolute Gasteiger partial charge is 0.437 e. The van der Waals surface area contributed by atoms with E-state index in [-0.39, 0.29) is 24.4 Å². The second-order valence-electron chi connectivity index (χ2n) is 10.8. The van der Waals surface area contributed by atoms with Crippen molar-refractivity contribution in [2.75, 3.05) is 39.3 Å². The molecule has 1 N–H and O–H groups in total. The fourth-order valence-corrected chi connectivity index (χ4v) is 5.67. The molecule has 42 heavy (non-hydrogen) atoms. The predicted octanol–water partition coefficient (Wildman–Crippen LogP) is 4.43. The molecule has 6 rings (SSSR count). The minimum Gasteiger partial charge on any atom is -0.437 e. The molecule has 12 heteroatoms. The van der Waals surface area contributed by atoms with Crippen LogP contribution in [0.15, 0.2) is 49.1 Å². The lowest BCUT2D eigenvalue weighted by molar-refractivity contribution is -0.138. The minimum absolute atomic E-state index is 0.0944. The molecular weight excluding hydrogens is 547 g/mol. The Morgan fingerprint density at radius 1 is 0.976 bits per heavy atom. The monoisotopic (exact) mass is 579 g/mol. The van der Waals surface area contributed by atoms with Gasteiger partial charge in [-0.15, -0.1) is 0 Å². The van der Waals surface area contributed by atoms with Gasteiger partial charge in [0, 0.05) is 45.8 Å². The summed E-state index contributed by atoms with van der Waals surface area (Å²) in [6.45, 7) is 7.31. The van der Waals surface area contributed by atoms with Crippen molar-refractivity contribution in [3.05, 3.63) is 76.9 Å². The third-order valence-corrected chi connectivity index (χ3v) is 8.09. The Kier molecular flexibility index (Phi) is 7.82. The van der Waals surface area contributed by atoms with Gasteiger partial charge in [-0.2, -0.15) is 18.2 Å². The van der Waals surface area contributed by atoms with Crippen molar-refractivity contribution in [1.29, 1.82) is 0 Å². The van der Waals surface area contributed by atoms with Crippen LogP contribution < -0.4 is 4.74 Å². The van der Waals surface area contributed by atoms with Crippen LogP contribution in [-0.2, 0) is 36.9 Å². The maximum absolute atomic E-state index is 14.1. The van der Waals surface area contributed by atoms with Crippen LogP contribution in [-0.4, -0.2) is 79.8 Å². The summed E-state index contributed by atoms with van der Waals surface area (Å²) in [6, 6.07) is 10.0. The first-order chi connectivity index (χ1) is 20.3. The summed E-state index contributed by atoms with van der Waals surface area (Å²) < 4.78 is 48.2. The topological polar surface area (TPSA) is 90.5 Å². The van der Waals surface area contributed by atoms with Gasteiger partial charge in [0.2, 0.25) is 11.8 Å². The lowest BCUT2D eigenvalue weighted by atomic mass is 9.97. The van der Waals surface area contributed by atoms with Gasteiger partial charge in [-0.05, 0) is 53.4 Å². The number of hydrogen-bond donors (Lipinski definition) is 1. The number of halogens is 3. The molecule has 1 amide bonds. The number of imidazole rings is 1. The highest BCUT2D eigenvalue weighted by Crippen LogP contribution is 2.34. The average Bonchev–Trinajstić information content (AvgIpc) is 3.47. The fourth-order valence-electron chi connectivity index (χ4n) is 5.67. The van der Waals surface area contributed by atoms with Gasteiger partial charge in [0.15, 0.2) is 5.65 Å². The molecule has 220 valence electrons. The lowest BCUT2D eigenvalue weighted by Crippen LogP contribution is -2.45. The normalized spacial score (nSPS) is 16.5. The lowest BCUT2D eigenvalue weighted by Gasteiger charge is -2.34. The molecule has 4 aromatic rings. The molecule has 4 heterocycles. The van der Waals surface area contributed by atoms with E-state index in [1.807, 2.05) is 18.2 Å². The molecule has 0 atom stereocenters. The maximum Gasteiger partial charge on any atom is 0.416 e. The van der Waals surface area contributed by atoms with Crippen LogP contribution in [0.5, 0.6) is 11.6 Å². The van der Waals surface area contributed by atoms with E-state index < -0.39 is 11.7 Å². The van der Waals surface area contributed by atoms with E-state index in [0.29, 0.717) is 47.9 Å². The van der Waals surface area contributed by atoms with Crippen molar-refractivity contribution in [2.24, 2.45) is 0 Å². The number of rotatable bonds is 7. The molecule has 1 saturated heterocycles. The summed E-state index contributed by atoms with van der Waals surface area (Å²) in [7, 11) is 0. The molecule has 2 aliphatic rings. The smallest absolute Gasteiger partial charge is 0.416 e. The number of hydrogen-bond acceptors (Lipinski definition) is 7. The zero-order valence-electron chi connectivity index (χ0n) is 23.3. The van der Waals surface area contributed by atoms with Crippen LogP contribution in [0.3, 0.4) is 0 Å². The third kappa shape index (κ3) is 6.09. The first-order valence-corrected chi connectivity index (χ1v) is 14.1. The summed E-state index contributed by atoms with van der Waals surface area (Å²) in [4.78, 5) is 34.7. The highest BCUT2D eigenvalue weighted by Gasteiger charge is 2.34. The summed E-state index contributed by atoms with van der Waals surface area (Å²) >= 11 is 0. The van der Waals surface area contributed by atoms with Gasteiger partial charge in [-0.3, -0.25) is 9.69 Å². The van der Waals surface area contributed by atoms with Crippen LogP contribution in [0.25, 0.3) is 11.2 Å². The second-order valence-corrected chi connectivity index (χ2v) is 10.8.